The summed E-state index contributed by atoms with van der Waals surface area (Å²) in [5.74, 6) is 0.277. The second-order valence-corrected chi connectivity index (χ2v) is 36.4. The Morgan fingerprint density at radius 1 is 0.266 bits per heavy atom. The number of phosphoric acid groups is 2. The molecular weight excluding hydrogens is 1410 g/mol. The number of carbonyl (C=O) groups is 4. The Morgan fingerprint density at radius 3 is 0.697 bits per heavy atom. The van der Waals surface area contributed by atoms with Gasteiger partial charge in [0, 0.05) is 25.7 Å². The number of hydrogen-bond donors (Lipinski definition) is 3. The van der Waals surface area contributed by atoms with E-state index in [9.17, 15) is 43.2 Å². The van der Waals surface area contributed by atoms with Crippen LogP contribution in [0, 0.1) is 17.8 Å². The maximum absolute atomic E-state index is 13.2. The Balaban J connectivity index is 5.24. The molecule has 3 N–H and O–H groups in total. The highest BCUT2D eigenvalue weighted by atomic mass is 31.2. The summed E-state index contributed by atoms with van der Waals surface area (Å²) in [6.45, 7) is 12.0. The zero-order chi connectivity index (χ0) is 80.0. The highest BCUT2D eigenvalue weighted by Gasteiger charge is 2.31. The van der Waals surface area contributed by atoms with Crippen molar-refractivity contribution in [1.29, 1.82) is 0 Å². The van der Waals surface area contributed by atoms with Gasteiger partial charge in [-0.2, -0.15) is 0 Å². The van der Waals surface area contributed by atoms with E-state index in [0.717, 1.165) is 108 Å². The molecule has 109 heavy (non-hydrogen) atoms. The predicted molar refractivity (Wildman–Crippen MR) is 451 cm³/mol. The van der Waals surface area contributed by atoms with Gasteiger partial charge in [0.05, 0.1) is 26.4 Å². The summed E-state index contributed by atoms with van der Waals surface area (Å²) < 4.78 is 69.0. The van der Waals surface area contributed by atoms with E-state index in [0.29, 0.717) is 25.7 Å². The van der Waals surface area contributed by atoms with Gasteiger partial charge in [-0.15, -0.1) is 0 Å². The smallest absolute Gasteiger partial charge is 0.462 e. The zero-order valence-corrected chi connectivity index (χ0v) is 73.8. The Labute approximate surface area is 670 Å². The molecule has 0 saturated carbocycles. The van der Waals surface area contributed by atoms with Crippen molar-refractivity contribution in [1.82, 2.24) is 0 Å². The summed E-state index contributed by atoms with van der Waals surface area (Å²) in [5.41, 5.74) is 0. The molecule has 648 valence electrons. The first-order valence-electron chi connectivity index (χ1n) is 46.4. The van der Waals surface area contributed by atoms with Gasteiger partial charge in [0.1, 0.15) is 19.3 Å². The highest BCUT2D eigenvalue weighted by Crippen LogP contribution is 2.45. The zero-order valence-electron chi connectivity index (χ0n) is 72.0. The molecule has 0 aliphatic heterocycles. The van der Waals surface area contributed by atoms with Gasteiger partial charge in [-0.25, -0.2) is 9.13 Å². The van der Waals surface area contributed by atoms with E-state index in [1.165, 1.54) is 289 Å². The second-order valence-electron chi connectivity index (χ2n) is 33.5. The van der Waals surface area contributed by atoms with Gasteiger partial charge >= 0.3 is 39.5 Å². The van der Waals surface area contributed by atoms with Crippen molar-refractivity contribution in [3.8, 4) is 0 Å². The van der Waals surface area contributed by atoms with Crippen LogP contribution in [0.25, 0.3) is 0 Å². The second kappa shape index (κ2) is 79.9. The van der Waals surface area contributed by atoms with Crippen LogP contribution in [0.15, 0.2) is 0 Å². The summed E-state index contributed by atoms with van der Waals surface area (Å²) >= 11 is 0. The third-order valence-electron chi connectivity index (χ3n) is 21.5. The summed E-state index contributed by atoms with van der Waals surface area (Å²) in [6.07, 6.45) is 72.3. The van der Waals surface area contributed by atoms with Crippen LogP contribution in [-0.4, -0.2) is 96.7 Å². The molecule has 0 aliphatic rings. The van der Waals surface area contributed by atoms with Crippen LogP contribution in [0.3, 0.4) is 0 Å². The number of unbranched alkanes of at least 4 members (excludes halogenated alkanes) is 55. The lowest BCUT2D eigenvalue weighted by Gasteiger charge is -2.21. The standard InChI is InChI=1S/C90H176O17P2/c1-8-10-11-12-13-14-15-16-17-18-19-20-21-22-23-26-33-38-43-52-59-66-73-89(94)106-85(77-100-87(92)71-64-57-50-42-37-32-27-24-25-30-35-40-47-54-61-68-81(3)4)79-104-108(96,97)102-75-84(91)76-103-109(98,99)105-80-86(78-101-88(93)72-65-58-51-46-45-48-55-62-69-82(5)6)107-90(95)74-67-60-53-44-39-34-29-28-31-36-41-49-56-63-70-83(7)9-2/h81-86,91H,8-80H2,1-7H3,(H,96,97)(H,98,99)/t83?,84-,85-,86-/m1/s1. The molecule has 0 aliphatic carbocycles. The van der Waals surface area contributed by atoms with Crippen molar-refractivity contribution in [2.24, 2.45) is 17.8 Å². The van der Waals surface area contributed by atoms with Gasteiger partial charge < -0.3 is 33.8 Å². The van der Waals surface area contributed by atoms with E-state index < -0.39 is 97.5 Å². The minimum absolute atomic E-state index is 0.107. The van der Waals surface area contributed by atoms with Crippen LogP contribution in [0.5, 0.6) is 0 Å². The van der Waals surface area contributed by atoms with Crippen molar-refractivity contribution < 1.29 is 80.2 Å². The Morgan fingerprint density at radius 2 is 0.468 bits per heavy atom. The number of aliphatic hydroxyl groups is 1. The SMILES string of the molecule is CCCCCCCCCCCCCCCCCCCCCCCCC(=O)O[C@H](COC(=O)CCCCCCCCCCCCCCCCCC(C)C)COP(=O)(O)OC[C@@H](O)COP(=O)(O)OC[C@@H](COC(=O)CCCCCCCCCCC(C)C)OC(=O)CCCCCCCCCCCCCCCCC(C)CC. The maximum atomic E-state index is 13.2. The molecule has 19 heteroatoms. The molecule has 0 bridgehead atoms. The number of ether oxygens (including phenoxy) is 4. The summed E-state index contributed by atoms with van der Waals surface area (Å²) in [6, 6.07) is 0. The van der Waals surface area contributed by atoms with Crippen molar-refractivity contribution in [3.63, 3.8) is 0 Å². The lowest BCUT2D eigenvalue weighted by molar-refractivity contribution is -0.161. The fourth-order valence-electron chi connectivity index (χ4n) is 14.0. The molecule has 0 fully saturated rings. The Bertz CT molecular complexity index is 2100. The summed E-state index contributed by atoms with van der Waals surface area (Å²) in [4.78, 5) is 73.4. The molecule has 3 unspecified atom stereocenters. The van der Waals surface area contributed by atoms with Gasteiger partial charge in [-0.1, -0.05) is 427 Å². The van der Waals surface area contributed by atoms with Crippen LogP contribution in [0.2, 0.25) is 0 Å². The molecule has 0 radical (unpaired) electrons. The first-order valence-corrected chi connectivity index (χ1v) is 49.4. The topological polar surface area (TPSA) is 237 Å². The number of hydrogen-bond acceptors (Lipinski definition) is 15. The van der Waals surface area contributed by atoms with E-state index in [1.807, 2.05) is 0 Å². The molecule has 0 saturated heterocycles. The monoisotopic (exact) mass is 1590 g/mol. The molecule has 0 amide bonds. The van der Waals surface area contributed by atoms with E-state index in [1.54, 1.807) is 0 Å². The molecule has 0 aromatic heterocycles. The third kappa shape index (κ3) is 82.4. The number of phosphoric ester groups is 2. The number of rotatable bonds is 88. The molecule has 0 aromatic carbocycles. The minimum atomic E-state index is -4.97. The molecule has 6 atom stereocenters. The van der Waals surface area contributed by atoms with Crippen molar-refractivity contribution in [2.45, 2.75) is 497 Å². The molecular formula is C90H176O17P2. The molecule has 0 spiro atoms. The van der Waals surface area contributed by atoms with Crippen LogP contribution < -0.4 is 0 Å². The van der Waals surface area contributed by atoms with Crippen molar-refractivity contribution in [3.05, 3.63) is 0 Å². The van der Waals surface area contributed by atoms with Crippen LogP contribution in [0.4, 0.5) is 0 Å². The van der Waals surface area contributed by atoms with Crippen molar-refractivity contribution in [2.75, 3.05) is 39.6 Å². The van der Waals surface area contributed by atoms with E-state index >= 15 is 0 Å². The maximum Gasteiger partial charge on any atom is 0.472 e. The first kappa shape index (κ1) is 107. The van der Waals surface area contributed by atoms with Crippen LogP contribution in [-0.2, 0) is 65.4 Å². The Hall–Kier alpha value is -1.94. The lowest BCUT2D eigenvalue weighted by Crippen LogP contribution is -2.30. The number of carbonyl (C=O) groups excluding carboxylic acids is 4. The van der Waals surface area contributed by atoms with Gasteiger partial charge in [0.2, 0.25) is 0 Å². The van der Waals surface area contributed by atoms with Gasteiger partial charge in [0.15, 0.2) is 12.2 Å². The lowest BCUT2D eigenvalue weighted by atomic mass is 9.99. The van der Waals surface area contributed by atoms with Crippen LogP contribution in [0.1, 0.15) is 479 Å². The normalized spacial score (nSPS) is 14.1. The van der Waals surface area contributed by atoms with Crippen LogP contribution >= 0.6 is 15.6 Å². The summed E-state index contributed by atoms with van der Waals surface area (Å²) in [7, 11) is -9.94. The Kier molecular flexibility index (Phi) is 78.5. The van der Waals surface area contributed by atoms with Gasteiger partial charge in [-0.05, 0) is 43.4 Å². The average molecular weight is 1590 g/mol. The third-order valence-corrected chi connectivity index (χ3v) is 23.4. The first-order chi connectivity index (χ1) is 52.8. The summed E-state index contributed by atoms with van der Waals surface area (Å²) in [5, 5.41) is 10.7. The number of aliphatic hydroxyl groups excluding tert-OH is 1. The number of esters is 4. The van der Waals surface area contributed by atoms with E-state index in [2.05, 4.69) is 48.5 Å². The molecule has 0 rings (SSSR count). The molecule has 0 heterocycles. The fraction of sp³-hybridized carbons (Fsp3) is 0.956. The van der Waals surface area contributed by atoms with Gasteiger partial charge in [0.25, 0.3) is 0 Å². The van der Waals surface area contributed by atoms with E-state index in [-0.39, 0.29) is 25.7 Å². The van der Waals surface area contributed by atoms with E-state index in [4.69, 9.17) is 37.0 Å². The van der Waals surface area contributed by atoms with Gasteiger partial charge in [-0.3, -0.25) is 37.3 Å². The molecule has 0 aromatic rings. The molecule has 17 nitrogen and oxygen atoms in total. The fourth-order valence-corrected chi connectivity index (χ4v) is 15.6. The predicted octanol–water partition coefficient (Wildman–Crippen LogP) is 27.6. The van der Waals surface area contributed by atoms with Crippen molar-refractivity contribution >= 4 is 39.5 Å². The highest BCUT2D eigenvalue weighted by molar-refractivity contribution is 7.47. The average Bonchev–Trinajstić information content (AvgIpc) is 0.900. The quantitative estimate of drug-likeness (QED) is 0.0222. The minimum Gasteiger partial charge on any atom is -0.462 e. The largest absolute Gasteiger partial charge is 0.472 e.